The molecule has 148 valence electrons. The fourth-order valence-corrected chi connectivity index (χ4v) is 4.43. The summed E-state index contributed by atoms with van der Waals surface area (Å²) >= 11 is 1.53. The number of aromatic nitrogens is 2. The van der Waals surface area contributed by atoms with Crippen molar-refractivity contribution in [2.45, 2.75) is 26.2 Å². The number of nitrogens with one attached hydrogen (secondary N) is 1. The molecule has 1 aromatic heterocycles. The lowest BCUT2D eigenvalue weighted by atomic mass is 9.94. The van der Waals surface area contributed by atoms with Gasteiger partial charge < -0.3 is 15.0 Å². The van der Waals surface area contributed by atoms with Crippen LogP contribution < -0.4 is 5.32 Å². The minimum Gasteiger partial charge on any atom is -0.381 e. The molecule has 1 N–H and O–H groups in total. The molecule has 3 heterocycles. The molecule has 0 unspecified atom stereocenters. The van der Waals surface area contributed by atoms with E-state index in [1.165, 1.54) is 11.3 Å². The standard InChI is InChI=1S/C20H24N4O3S/c1-13-22-23-19(28-13)15-3-2-4-17(11-15)21-18(25)14-5-8-24(9-6-14)20(26)16-7-10-27-12-16/h2-4,11,14,16H,5-10,12H2,1H3,(H,21,25)/t16-/m1/s1. The van der Waals surface area contributed by atoms with Gasteiger partial charge in [0, 0.05) is 36.9 Å². The molecule has 2 fully saturated rings. The van der Waals surface area contributed by atoms with Crippen LogP contribution in [-0.2, 0) is 14.3 Å². The van der Waals surface area contributed by atoms with Crippen LogP contribution in [0.4, 0.5) is 5.69 Å². The van der Waals surface area contributed by atoms with Crippen LogP contribution in [0.3, 0.4) is 0 Å². The second-order valence-electron chi connectivity index (χ2n) is 7.36. The number of rotatable bonds is 4. The van der Waals surface area contributed by atoms with E-state index in [0.717, 1.165) is 27.7 Å². The van der Waals surface area contributed by atoms with Crippen LogP contribution >= 0.6 is 11.3 Å². The number of piperidine rings is 1. The molecule has 2 amide bonds. The molecular weight excluding hydrogens is 376 g/mol. The van der Waals surface area contributed by atoms with Crippen LogP contribution in [0.2, 0.25) is 0 Å². The average Bonchev–Trinajstić information content (AvgIpc) is 3.40. The molecule has 0 saturated carbocycles. The van der Waals surface area contributed by atoms with Crippen LogP contribution in [-0.4, -0.2) is 53.2 Å². The normalized spacial score (nSPS) is 20.3. The van der Waals surface area contributed by atoms with Crippen molar-refractivity contribution >= 4 is 28.8 Å². The number of benzene rings is 1. The Hall–Kier alpha value is -2.32. The second kappa shape index (κ2) is 8.36. The maximum absolute atomic E-state index is 12.7. The summed E-state index contributed by atoms with van der Waals surface area (Å²) in [5.41, 5.74) is 1.71. The number of ether oxygens (including phenoxy) is 1. The quantitative estimate of drug-likeness (QED) is 0.853. The minimum absolute atomic E-state index is 0.00268. The number of likely N-dealkylation sites (tertiary alicyclic amines) is 1. The number of anilines is 1. The first kappa shape index (κ1) is 19.0. The van der Waals surface area contributed by atoms with Gasteiger partial charge in [-0.25, -0.2) is 0 Å². The molecule has 1 atom stereocenters. The lowest BCUT2D eigenvalue weighted by molar-refractivity contribution is -0.138. The maximum atomic E-state index is 12.7. The van der Waals surface area contributed by atoms with E-state index >= 15 is 0 Å². The summed E-state index contributed by atoms with van der Waals surface area (Å²) in [4.78, 5) is 27.1. The molecule has 2 aromatic rings. The highest BCUT2D eigenvalue weighted by molar-refractivity contribution is 7.14. The largest absolute Gasteiger partial charge is 0.381 e. The summed E-state index contributed by atoms with van der Waals surface area (Å²) in [6.45, 7) is 4.40. The van der Waals surface area contributed by atoms with Gasteiger partial charge in [0.25, 0.3) is 0 Å². The number of carbonyl (C=O) groups is 2. The van der Waals surface area contributed by atoms with E-state index < -0.39 is 0 Å². The second-order valence-corrected chi connectivity index (χ2v) is 8.54. The van der Waals surface area contributed by atoms with Crippen LogP contribution in [0, 0.1) is 18.8 Å². The summed E-state index contributed by atoms with van der Waals surface area (Å²) in [7, 11) is 0. The topological polar surface area (TPSA) is 84.4 Å². The summed E-state index contributed by atoms with van der Waals surface area (Å²) in [5.74, 6) is 0.117. The molecule has 2 saturated heterocycles. The smallest absolute Gasteiger partial charge is 0.228 e. The van der Waals surface area contributed by atoms with Crippen molar-refractivity contribution in [3.8, 4) is 10.6 Å². The Morgan fingerprint density at radius 2 is 2.00 bits per heavy atom. The van der Waals surface area contributed by atoms with E-state index in [2.05, 4.69) is 15.5 Å². The van der Waals surface area contributed by atoms with E-state index in [4.69, 9.17) is 4.74 Å². The van der Waals surface area contributed by atoms with Crippen molar-refractivity contribution in [2.75, 3.05) is 31.6 Å². The van der Waals surface area contributed by atoms with E-state index in [1.54, 1.807) is 0 Å². The predicted octanol–water partition coefficient (Wildman–Crippen LogP) is 2.73. The fraction of sp³-hybridized carbons (Fsp3) is 0.500. The van der Waals surface area contributed by atoms with Gasteiger partial charge in [0.1, 0.15) is 10.0 Å². The first-order chi connectivity index (χ1) is 13.6. The number of amides is 2. The Morgan fingerprint density at radius 3 is 2.68 bits per heavy atom. The Kier molecular flexibility index (Phi) is 5.68. The van der Waals surface area contributed by atoms with E-state index in [1.807, 2.05) is 36.1 Å². The van der Waals surface area contributed by atoms with Gasteiger partial charge in [-0.05, 0) is 38.3 Å². The van der Waals surface area contributed by atoms with Crippen LogP contribution in [0.5, 0.6) is 0 Å². The van der Waals surface area contributed by atoms with Gasteiger partial charge in [-0.1, -0.05) is 23.5 Å². The van der Waals surface area contributed by atoms with E-state index in [-0.39, 0.29) is 23.7 Å². The number of aryl methyl sites for hydroxylation is 1. The van der Waals surface area contributed by atoms with Crippen molar-refractivity contribution < 1.29 is 14.3 Å². The zero-order valence-corrected chi connectivity index (χ0v) is 16.7. The van der Waals surface area contributed by atoms with E-state index in [9.17, 15) is 9.59 Å². The summed E-state index contributed by atoms with van der Waals surface area (Å²) in [5, 5.41) is 13.0. The van der Waals surface area contributed by atoms with Crippen molar-refractivity contribution in [3.05, 3.63) is 29.3 Å². The summed E-state index contributed by atoms with van der Waals surface area (Å²) in [6.07, 6.45) is 2.20. The Labute approximate surface area is 168 Å². The predicted molar refractivity (Wildman–Crippen MR) is 107 cm³/mol. The highest BCUT2D eigenvalue weighted by Gasteiger charge is 2.32. The average molecular weight is 401 g/mol. The van der Waals surface area contributed by atoms with Crippen LogP contribution in [0.1, 0.15) is 24.3 Å². The number of nitrogens with zero attached hydrogens (tertiary/aromatic N) is 3. The Morgan fingerprint density at radius 1 is 1.18 bits per heavy atom. The van der Waals surface area contributed by atoms with Crippen LogP contribution in [0.15, 0.2) is 24.3 Å². The first-order valence-electron chi connectivity index (χ1n) is 9.68. The highest BCUT2D eigenvalue weighted by atomic mass is 32.1. The van der Waals surface area contributed by atoms with Crippen molar-refractivity contribution in [1.82, 2.24) is 15.1 Å². The molecule has 2 aliphatic heterocycles. The maximum Gasteiger partial charge on any atom is 0.228 e. The summed E-state index contributed by atoms with van der Waals surface area (Å²) < 4.78 is 5.32. The molecule has 2 aliphatic rings. The van der Waals surface area contributed by atoms with Gasteiger partial charge in [-0.3, -0.25) is 9.59 Å². The fourth-order valence-electron chi connectivity index (χ4n) is 3.74. The minimum atomic E-state index is -0.0729. The monoisotopic (exact) mass is 400 g/mol. The van der Waals surface area contributed by atoms with Gasteiger partial charge >= 0.3 is 0 Å². The van der Waals surface area contributed by atoms with Gasteiger partial charge in [0.2, 0.25) is 11.8 Å². The lowest BCUT2D eigenvalue weighted by Gasteiger charge is -2.32. The molecule has 0 spiro atoms. The molecule has 0 bridgehead atoms. The molecule has 0 aliphatic carbocycles. The van der Waals surface area contributed by atoms with Crippen LogP contribution in [0.25, 0.3) is 10.6 Å². The highest BCUT2D eigenvalue weighted by Crippen LogP contribution is 2.27. The lowest BCUT2D eigenvalue weighted by Crippen LogP contribution is -2.44. The zero-order chi connectivity index (χ0) is 19.5. The summed E-state index contributed by atoms with van der Waals surface area (Å²) in [6, 6.07) is 7.68. The van der Waals surface area contributed by atoms with Gasteiger partial charge in [-0.2, -0.15) is 0 Å². The number of hydrogen-bond acceptors (Lipinski definition) is 6. The molecular formula is C20H24N4O3S. The molecule has 4 rings (SSSR count). The SMILES string of the molecule is Cc1nnc(-c2cccc(NC(=O)C3CCN(C(=O)[C@@H]4CCOC4)CC3)c2)s1. The van der Waals surface area contributed by atoms with Gasteiger partial charge in [-0.15, -0.1) is 10.2 Å². The van der Waals surface area contributed by atoms with Crippen molar-refractivity contribution in [2.24, 2.45) is 11.8 Å². The van der Waals surface area contributed by atoms with Crippen molar-refractivity contribution in [3.63, 3.8) is 0 Å². The third-order valence-corrected chi connectivity index (χ3v) is 6.25. The molecule has 1 aromatic carbocycles. The van der Waals surface area contributed by atoms with E-state index in [0.29, 0.717) is 39.1 Å². The molecule has 7 nitrogen and oxygen atoms in total. The van der Waals surface area contributed by atoms with Gasteiger partial charge in [0.15, 0.2) is 0 Å². The number of carbonyl (C=O) groups excluding carboxylic acids is 2. The Bertz CT molecular complexity index is 855. The van der Waals surface area contributed by atoms with Crippen molar-refractivity contribution in [1.29, 1.82) is 0 Å². The van der Waals surface area contributed by atoms with Gasteiger partial charge in [0.05, 0.1) is 12.5 Å². The first-order valence-corrected chi connectivity index (χ1v) is 10.5. The molecule has 8 heteroatoms. The molecule has 28 heavy (non-hydrogen) atoms. The Balaban J connectivity index is 1.33. The number of hydrogen-bond donors (Lipinski definition) is 1. The molecule has 0 radical (unpaired) electrons. The third kappa shape index (κ3) is 4.23. The zero-order valence-electron chi connectivity index (χ0n) is 15.9. The third-order valence-electron chi connectivity index (χ3n) is 5.36.